The second kappa shape index (κ2) is 7.77. The van der Waals surface area contributed by atoms with Crippen LogP contribution in [0.4, 0.5) is 4.39 Å². The van der Waals surface area contributed by atoms with Crippen molar-refractivity contribution in [2.45, 2.75) is 25.8 Å². The summed E-state index contributed by atoms with van der Waals surface area (Å²) in [6, 6.07) is 9.45. The first kappa shape index (κ1) is 16.2. The highest BCUT2D eigenvalue weighted by atomic mass is 19.1. The first-order chi connectivity index (χ1) is 11.7. The van der Waals surface area contributed by atoms with Crippen molar-refractivity contribution in [2.75, 3.05) is 6.54 Å². The van der Waals surface area contributed by atoms with Crippen molar-refractivity contribution in [1.82, 2.24) is 10.3 Å². The van der Waals surface area contributed by atoms with E-state index in [2.05, 4.69) is 15.3 Å². The topological polar surface area (TPSA) is 72.5 Å². The second-order valence-electron chi connectivity index (χ2n) is 5.94. The molecule has 0 saturated heterocycles. The molecule has 0 spiro atoms. The Morgan fingerprint density at radius 2 is 2.04 bits per heavy atom. The van der Waals surface area contributed by atoms with Crippen LogP contribution in [0.2, 0.25) is 0 Å². The standard InChI is InChI=1S/C18H21FN4O/c19-15-5-7-16(8-6-15)24-17-9-4-14(11-21-17)12-23-18(20)22-10-13-2-1-3-13/h4-9,11,13H,1-3,10,12H2,(H3,20,22,23). The molecule has 126 valence electrons. The third-order valence-corrected chi connectivity index (χ3v) is 4.06. The van der Waals surface area contributed by atoms with Crippen molar-refractivity contribution < 1.29 is 9.13 Å². The fourth-order valence-corrected chi connectivity index (χ4v) is 2.37. The van der Waals surface area contributed by atoms with Gasteiger partial charge in [0.2, 0.25) is 5.88 Å². The van der Waals surface area contributed by atoms with Crippen LogP contribution >= 0.6 is 0 Å². The van der Waals surface area contributed by atoms with E-state index < -0.39 is 0 Å². The number of benzene rings is 1. The Hall–Kier alpha value is -2.63. The number of nitrogens with one attached hydrogen (secondary N) is 1. The summed E-state index contributed by atoms with van der Waals surface area (Å²) < 4.78 is 18.4. The SMILES string of the molecule is NC(=NCc1ccc(Oc2ccc(F)cc2)nc1)NCC1CCC1. The molecular weight excluding hydrogens is 307 g/mol. The molecule has 0 bridgehead atoms. The van der Waals surface area contributed by atoms with Crippen molar-refractivity contribution in [3.63, 3.8) is 0 Å². The number of guanidine groups is 1. The van der Waals surface area contributed by atoms with Crippen LogP contribution in [0.1, 0.15) is 24.8 Å². The van der Waals surface area contributed by atoms with E-state index in [0.717, 1.165) is 18.0 Å². The van der Waals surface area contributed by atoms with Crippen LogP contribution in [-0.4, -0.2) is 17.5 Å². The van der Waals surface area contributed by atoms with Gasteiger partial charge in [0.1, 0.15) is 11.6 Å². The molecule has 1 fully saturated rings. The fourth-order valence-electron chi connectivity index (χ4n) is 2.37. The summed E-state index contributed by atoms with van der Waals surface area (Å²) in [6.07, 6.45) is 5.57. The van der Waals surface area contributed by atoms with Gasteiger partial charge in [-0.15, -0.1) is 0 Å². The van der Waals surface area contributed by atoms with Crippen LogP contribution < -0.4 is 15.8 Å². The minimum atomic E-state index is -0.299. The van der Waals surface area contributed by atoms with Gasteiger partial charge in [-0.05, 0) is 48.6 Å². The number of rotatable bonds is 6. The highest BCUT2D eigenvalue weighted by Gasteiger charge is 2.16. The molecule has 1 aromatic carbocycles. The zero-order valence-corrected chi connectivity index (χ0v) is 13.4. The fraction of sp³-hybridized carbons (Fsp3) is 0.333. The molecule has 1 aromatic heterocycles. The summed E-state index contributed by atoms with van der Waals surface area (Å²) in [6.45, 7) is 1.37. The number of ether oxygens (including phenoxy) is 1. The smallest absolute Gasteiger partial charge is 0.219 e. The largest absolute Gasteiger partial charge is 0.439 e. The molecule has 1 aliphatic rings. The van der Waals surface area contributed by atoms with E-state index in [9.17, 15) is 4.39 Å². The number of nitrogens with zero attached hydrogens (tertiary/aromatic N) is 2. The summed E-state index contributed by atoms with van der Waals surface area (Å²) in [5.41, 5.74) is 6.80. The number of nitrogens with two attached hydrogens (primary N) is 1. The second-order valence-corrected chi connectivity index (χ2v) is 5.94. The van der Waals surface area contributed by atoms with Crippen molar-refractivity contribution >= 4 is 5.96 Å². The number of hydrogen-bond acceptors (Lipinski definition) is 3. The van der Waals surface area contributed by atoms with Crippen LogP contribution in [-0.2, 0) is 6.54 Å². The van der Waals surface area contributed by atoms with Crippen LogP contribution in [0.15, 0.2) is 47.6 Å². The van der Waals surface area contributed by atoms with Crippen molar-refractivity contribution in [3.8, 4) is 11.6 Å². The molecule has 3 N–H and O–H groups in total. The van der Waals surface area contributed by atoms with Gasteiger partial charge in [-0.3, -0.25) is 0 Å². The molecule has 0 radical (unpaired) electrons. The number of aliphatic imine (C=N–C) groups is 1. The zero-order valence-electron chi connectivity index (χ0n) is 13.4. The summed E-state index contributed by atoms with van der Waals surface area (Å²) in [4.78, 5) is 8.53. The normalized spacial score (nSPS) is 15.0. The number of halogens is 1. The minimum Gasteiger partial charge on any atom is -0.439 e. The molecular formula is C18H21FN4O. The predicted molar refractivity (Wildman–Crippen MR) is 91.4 cm³/mol. The van der Waals surface area contributed by atoms with Crippen molar-refractivity contribution in [1.29, 1.82) is 0 Å². The maximum absolute atomic E-state index is 12.9. The van der Waals surface area contributed by atoms with Gasteiger partial charge >= 0.3 is 0 Å². The third-order valence-electron chi connectivity index (χ3n) is 4.06. The maximum atomic E-state index is 12.9. The molecule has 5 nitrogen and oxygen atoms in total. The molecule has 0 unspecified atom stereocenters. The minimum absolute atomic E-state index is 0.299. The lowest BCUT2D eigenvalue weighted by molar-refractivity contribution is 0.315. The Kier molecular flexibility index (Phi) is 5.25. The zero-order chi connectivity index (χ0) is 16.8. The quantitative estimate of drug-likeness (QED) is 0.631. The van der Waals surface area contributed by atoms with Crippen molar-refractivity contribution in [2.24, 2.45) is 16.6 Å². The molecule has 2 aromatic rings. The molecule has 1 heterocycles. The third kappa shape index (κ3) is 4.68. The lowest BCUT2D eigenvalue weighted by Crippen LogP contribution is -2.37. The molecule has 0 amide bonds. The van der Waals surface area contributed by atoms with Crippen molar-refractivity contribution in [3.05, 3.63) is 54.0 Å². The first-order valence-corrected chi connectivity index (χ1v) is 8.11. The first-order valence-electron chi connectivity index (χ1n) is 8.11. The highest BCUT2D eigenvalue weighted by molar-refractivity contribution is 5.77. The average Bonchev–Trinajstić information content (AvgIpc) is 2.55. The van der Waals surface area contributed by atoms with E-state index in [-0.39, 0.29) is 5.82 Å². The highest BCUT2D eigenvalue weighted by Crippen LogP contribution is 2.25. The predicted octanol–water partition coefficient (Wildman–Crippen LogP) is 3.22. The lowest BCUT2D eigenvalue weighted by Gasteiger charge is -2.25. The molecule has 0 aliphatic heterocycles. The summed E-state index contributed by atoms with van der Waals surface area (Å²) >= 11 is 0. The van der Waals surface area contributed by atoms with Gasteiger partial charge in [0.15, 0.2) is 5.96 Å². The summed E-state index contributed by atoms with van der Waals surface area (Å²) in [5.74, 6) is 1.90. The van der Waals surface area contributed by atoms with E-state index in [1.54, 1.807) is 24.4 Å². The Morgan fingerprint density at radius 3 is 2.67 bits per heavy atom. The van der Waals surface area contributed by atoms with E-state index in [1.807, 2.05) is 6.07 Å². The summed E-state index contributed by atoms with van der Waals surface area (Å²) in [7, 11) is 0. The van der Waals surface area contributed by atoms with Gasteiger partial charge in [0.05, 0.1) is 6.54 Å². The van der Waals surface area contributed by atoms with E-state index in [4.69, 9.17) is 10.5 Å². The molecule has 3 rings (SSSR count). The van der Waals surface area contributed by atoms with E-state index >= 15 is 0 Å². The van der Waals surface area contributed by atoms with Gasteiger partial charge < -0.3 is 15.8 Å². The van der Waals surface area contributed by atoms with Crippen LogP contribution in [0.5, 0.6) is 11.6 Å². The number of pyridine rings is 1. The Bertz CT molecular complexity index is 681. The van der Waals surface area contributed by atoms with Gasteiger partial charge in [-0.2, -0.15) is 0 Å². The molecule has 1 aliphatic carbocycles. The lowest BCUT2D eigenvalue weighted by atomic mass is 9.85. The molecule has 6 heteroatoms. The Balaban J connectivity index is 1.49. The van der Waals surface area contributed by atoms with Gasteiger partial charge in [0.25, 0.3) is 0 Å². The molecule has 0 atom stereocenters. The Morgan fingerprint density at radius 1 is 1.25 bits per heavy atom. The molecule has 24 heavy (non-hydrogen) atoms. The maximum Gasteiger partial charge on any atom is 0.219 e. The van der Waals surface area contributed by atoms with E-state index in [0.29, 0.717) is 24.1 Å². The van der Waals surface area contributed by atoms with Gasteiger partial charge in [0, 0.05) is 18.8 Å². The van der Waals surface area contributed by atoms with Gasteiger partial charge in [-0.1, -0.05) is 12.5 Å². The number of aromatic nitrogens is 1. The summed E-state index contributed by atoms with van der Waals surface area (Å²) in [5, 5.41) is 3.16. The van der Waals surface area contributed by atoms with Crippen LogP contribution in [0.3, 0.4) is 0 Å². The van der Waals surface area contributed by atoms with Gasteiger partial charge in [-0.25, -0.2) is 14.4 Å². The number of hydrogen-bond donors (Lipinski definition) is 2. The van der Waals surface area contributed by atoms with Crippen LogP contribution in [0, 0.1) is 11.7 Å². The molecule has 1 saturated carbocycles. The average molecular weight is 328 g/mol. The Labute approximate surface area is 140 Å². The monoisotopic (exact) mass is 328 g/mol. The van der Waals surface area contributed by atoms with Crippen LogP contribution in [0.25, 0.3) is 0 Å². The van der Waals surface area contributed by atoms with E-state index in [1.165, 1.54) is 31.4 Å².